The van der Waals surface area contributed by atoms with Gasteiger partial charge in [0.2, 0.25) is 0 Å². The molecule has 2 heterocycles. The van der Waals surface area contributed by atoms with Crippen molar-refractivity contribution in [3.05, 3.63) is 71.9 Å². The Bertz CT molecular complexity index is 1350. The SMILES string of the molecule is CNC(=O)c1cc(Oc2ccc3nc(C[C@H]4CC4c4ccc(OC)cc4OC)oc3c2)ccn1. The molecule has 0 bridgehead atoms. The number of nitrogens with zero attached hydrogens (tertiary/aromatic N) is 2. The Morgan fingerprint density at radius 2 is 1.88 bits per heavy atom. The van der Waals surface area contributed by atoms with E-state index in [4.69, 9.17) is 18.6 Å². The van der Waals surface area contributed by atoms with Crippen LogP contribution in [0.2, 0.25) is 0 Å². The van der Waals surface area contributed by atoms with Crippen LogP contribution in [0.25, 0.3) is 11.1 Å². The summed E-state index contributed by atoms with van der Waals surface area (Å²) in [6.07, 6.45) is 3.35. The van der Waals surface area contributed by atoms with Crippen LogP contribution in [0.3, 0.4) is 0 Å². The average Bonchev–Trinajstić information content (AvgIpc) is 3.51. The molecule has 1 saturated carbocycles. The summed E-state index contributed by atoms with van der Waals surface area (Å²) in [6.45, 7) is 0. The quantitative estimate of drug-likeness (QED) is 0.407. The van der Waals surface area contributed by atoms with Gasteiger partial charge in [-0.25, -0.2) is 4.98 Å². The average molecular weight is 460 g/mol. The van der Waals surface area contributed by atoms with Crippen molar-refractivity contribution < 1.29 is 23.4 Å². The summed E-state index contributed by atoms with van der Waals surface area (Å²) in [4.78, 5) is 20.5. The number of pyridine rings is 1. The van der Waals surface area contributed by atoms with Crippen molar-refractivity contribution in [2.24, 2.45) is 5.92 Å². The van der Waals surface area contributed by atoms with Crippen LogP contribution in [0.5, 0.6) is 23.0 Å². The van der Waals surface area contributed by atoms with Crippen LogP contribution in [0.4, 0.5) is 0 Å². The van der Waals surface area contributed by atoms with Gasteiger partial charge in [-0.2, -0.15) is 0 Å². The fraction of sp³-hybridized carbons (Fsp3) is 0.269. The molecule has 1 unspecified atom stereocenters. The predicted octanol–water partition coefficient (Wildman–Crippen LogP) is 4.74. The summed E-state index contributed by atoms with van der Waals surface area (Å²) in [5.41, 5.74) is 2.92. The Morgan fingerprint density at radius 3 is 2.68 bits per heavy atom. The first kappa shape index (κ1) is 21.8. The molecule has 4 aromatic rings. The minimum absolute atomic E-state index is 0.272. The maximum atomic E-state index is 11.8. The molecule has 1 aliphatic carbocycles. The fourth-order valence-electron chi connectivity index (χ4n) is 4.17. The molecule has 8 nitrogen and oxygen atoms in total. The second-order valence-corrected chi connectivity index (χ2v) is 8.21. The summed E-state index contributed by atoms with van der Waals surface area (Å²) in [5.74, 6) is 4.04. The number of carbonyl (C=O) groups excluding carboxylic acids is 1. The van der Waals surface area contributed by atoms with Crippen LogP contribution in [0.15, 0.2) is 59.1 Å². The lowest BCUT2D eigenvalue weighted by Gasteiger charge is -2.10. The van der Waals surface area contributed by atoms with Crippen molar-refractivity contribution in [2.75, 3.05) is 21.3 Å². The lowest BCUT2D eigenvalue weighted by molar-refractivity contribution is 0.0958. The topological polar surface area (TPSA) is 95.7 Å². The number of aromatic nitrogens is 2. The van der Waals surface area contributed by atoms with Crippen molar-refractivity contribution in [1.29, 1.82) is 0 Å². The maximum Gasteiger partial charge on any atom is 0.269 e. The molecule has 2 aromatic heterocycles. The van der Waals surface area contributed by atoms with Gasteiger partial charge in [0.05, 0.1) is 14.2 Å². The zero-order valence-electron chi connectivity index (χ0n) is 19.2. The molecule has 0 saturated heterocycles. The molecule has 1 aliphatic rings. The fourth-order valence-corrected chi connectivity index (χ4v) is 4.17. The van der Waals surface area contributed by atoms with Gasteiger partial charge in [-0.1, -0.05) is 6.07 Å². The van der Waals surface area contributed by atoms with Gasteiger partial charge in [-0.15, -0.1) is 0 Å². The van der Waals surface area contributed by atoms with E-state index in [0.717, 1.165) is 29.9 Å². The first-order chi connectivity index (χ1) is 16.6. The van der Waals surface area contributed by atoms with Crippen LogP contribution in [-0.4, -0.2) is 37.1 Å². The van der Waals surface area contributed by atoms with Gasteiger partial charge < -0.3 is 23.9 Å². The van der Waals surface area contributed by atoms with Gasteiger partial charge in [0, 0.05) is 37.9 Å². The van der Waals surface area contributed by atoms with Crippen LogP contribution < -0.4 is 19.5 Å². The van der Waals surface area contributed by atoms with Crippen LogP contribution in [0.1, 0.15) is 34.3 Å². The highest BCUT2D eigenvalue weighted by molar-refractivity contribution is 5.92. The zero-order valence-corrected chi connectivity index (χ0v) is 19.2. The third kappa shape index (κ3) is 4.39. The summed E-state index contributed by atoms with van der Waals surface area (Å²) >= 11 is 0. The van der Waals surface area contributed by atoms with E-state index in [0.29, 0.717) is 34.8 Å². The molecule has 2 aromatic carbocycles. The van der Waals surface area contributed by atoms with E-state index in [2.05, 4.69) is 21.4 Å². The van der Waals surface area contributed by atoms with Crippen LogP contribution in [0, 0.1) is 5.92 Å². The molecular weight excluding hydrogens is 434 g/mol. The van der Waals surface area contributed by atoms with Crippen molar-refractivity contribution >= 4 is 17.0 Å². The van der Waals surface area contributed by atoms with E-state index in [1.165, 1.54) is 11.8 Å². The highest BCUT2D eigenvalue weighted by Gasteiger charge is 2.41. The van der Waals surface area contributed by atoms with Gasteiger partial charge in [0.15, 0.2) is 11.5 Å². The van der Waals surface area contributed by atoms with Gasteiger partial charge in [0.25, 0.3) is 5.91 Å². The number of methoxy groups -OCH3 is 2. The minimum Gasteiger partial charge on any atom is -0.497 e. The Hall–Kier alpha value is -4.07. The number of rotatable bonds is 8. The predicted molar refractivity (Wildman–Crippen MR) is 126 cm³/mol. The number of oxazole rings is 1. The number of benzene rings is 2. The maximum absolute atomic E-state index is 11.8. The van der Waals surface area contributed by atoms with E-state index >= 15 is 0 Å². The van der Waals surface area contributed by atoms with E-state index in [-0.39, 0.29) is 11.6 Å². The normalized spacial score (nSPS) is 16.8. The molecule has 1 N–H and O–H groups in total. The second kappa shape index (κ2) is 9.05. The Labute approximate surface area is 196 Å². The third-order valence-electron chi connectivity index (χ3n) is 6.03. The first-order valence-corrected chi connectivity index (χ1v) is 11.1. The Morgan fingerprint density at radius 1 is 1.06 bits per heavy atom. The molecule has 0 radical (unpaired) electrons. The van der Waals surface area contributed by atoms with Crippen LogP contribution >= 0.6 is 0 Å². The molecule has 1 amide bonds. The molecular formula is C26H25N3O5. The van der Waals surface area contributed by atoms with E-state index in [1.807, 2.05) is 30.3 Å². The summed E-state index contributed by atoms with van der Waals surface area (Å²) in [5, 5.41) is 2.55. The standard InChI is InChI=1S/C26H25N3O5/c1-27-26(30)22-12-18(8-9-28-22)33-17-5-7-21-24(14-17)34-25(29-21)11-15-10-20(15)19-6-4-16(31-2)13-23(19)32-3/h4-9,12-15,20H,10-11H2,1-3H3,(H,27,30)/t15-,20?/m1/s1. The van der Waals surface area contributed by atoms with E-state index in [1.54, 1.807) is 33.4 Å². The van der Waals surface area contributed by atoms with Crippen molar-refractivity contribution in [3.8, 4) is 23.0 Å². The van der Waals surface area contributed by atoms with Gasteiger partial charge in [-0.3, -0.25) is 9.78 Å². The molecule has 8 heteroatoms. The van der Waals surface area contributed by atoms with E-state index in [9.17, 15) is 4.79 Å². The number of hydrogen-bond acceptors (Lipinski definition) is 7. The van der Waals surface area contributed by atoms with Crippen molar-refractivity contribution in [2.45, 2.75) is 18.8 Å². The molecule has 5 rings (SSSR count). The molecule has 1 fully saturated rings. The van der Waals surface area contributed by atoms with E-state index < -0.39 is 0 Å². The summed E-state index contributed by atoms with van der Waals surface area (Å²) < 4.78 is 22.8. The molecule has 0 spiro atoms. The first-order valence-electron chi connectivity index (χ1n) is 11.1. The highest BCUT2D eigenvalue weighted by Crippen LogP contribution is 2.52. The smallest absolute Gasteiger partial charge is 0.269 e. The molecule has 0 aliphatic heterocycles. The number of ether oxygens (including phenoxy) is 3. The summed E-state index contributed by atoms with van der Waals surface area (Å²) in [6, 6.07) is 14.8. The van der Waals surface area contributed by atoms with Gasteiger partial charge in [0.1, 0.15) is 34.2 Å². The molecule has 2 atom stereocenters. The number of nitrogens with one attached hydrogen (secondary N) is 1. The minimum atomic E-state index is -0.272. The number of hydrogen-bond donors (Lipinski definition) is 1. The Kier molecular flexibility index (Phi) is 5.79. The van der Waals surface area contributed by atoms with Gasteiger partial charge >= 0.3 is 0 Å². The van der Waals surface area contributed by atoms with Crippen molar-refractivity contribution in [1.82, 2.24) is 15.3 Å². The summed E-state index contributed by atoms with van der Waals surface area (Å²) in [7, 11) is 4.89. The molecule has 34 heavy (non-hydrogen) atoms. The van der Waals surface area contributed by atoms with Crippen LogP contribution in [-0.2, 0) is 6.42 Å². The monoisotopic (exact) mass is 459 g/mol. The van der Waals surface area contributed by atoms with Crippen molar-refractivity contribution in [3.63, 3.8) is 0 Å². The highest BCUT2D eigenvalue weighted by atomic mass is 16.5. The number of amides is 1. The Balaban J connectivity index is 1.28. The second-order valence-electron chi connectivity index (χ2n) is 8.21. The number of carbonyl (C=O) groups is 1. The lowest BCUT2D eigenvalue weighted by Crippen LogP contribution is -2.18. The number of fused-ring (bicyclic) bond motifs is 1. The molecule has 174 valence electrons. The van der Waals surface area contributed by atoms with Gasteiger partial charge in [-0.05, 0) is 48.1 Å². The third-order valence-corrected chi connectivity index (χ3v) is 6.03. The lowest BCUT2D eigenvalue weighted by atomic mass is 10.1. The zero-order chi connectivity index (χ0) is 23.7. The largest absolute Gasteiger partial charge is 0.497 e.